The molecule has 1 aliphatic carbocycles. The average molecular weight is 298 g/mol. The van der Waals surface area contributed by atoms with Crippen molar-refractivity contribution in [2.75, 3.05) is 31.5 Å². The fourth-order valence-corrected chi connectivity index (χ4v) is 2.84. The lowest BCUT2D eigenvalue weighted by atomic mass is 10.1. The van der Waals surface area contributed by atoms with Crippen molar-refractivity contribution in [2.45, 2.75) is 32.4 Å². The van der Waals surface area contributed by atoms with Crippen molar-refractivity contribution in [3.05, 3.63) is 29.3 Å². The van der Waals surface area contributed by atoms with Gasteiger partial charge in [0.1, 0.15) is 0 Å². The minimum Gasteiger partial charge on any atom is -0.382 e. The second-order valence-corrected chi connectivity index (χ2v) is 6.18. The zero-order valence-corrected chi connectivity index (χ0v) is 13.0. The number of benzene rings is 1. The van der Waals surface area contributed by atoms with Crippen LogP contribution in [-0.4, -0.2) is 47.9 Å². The summed E-state index contributed by atoms with van der Waals surface area (Å²) in [6.45, 7) is 5.82. The van der Waals surface area contributed by atoms with Gasteiger partial charge in [0.2, 0.25) is 5.91 Å². The van der Waals surface area contributed by atoms with Crippen molar-refractivity contribution in [2.24, 2.45) is 0 Å². The number of piperazine rings is 1. The van der Waals surface area contributed by atoms with Crippen LogP contribution in [-0.2, 0) is 11.3 Å². The molecular weight excluding hydrogens is 276 g/mol. The van der Waals surface area contributed by atoms with Crippen molar-refractivity contribution >= 4 is 11.6 Å². The Kier molecular flexibility index (Phi) is 4.30. The maximum absolute atomic E-state index is 11.4. The summed E-state index contributed by atoms with van der Waals surface area (Å²) in [5.41, 5.74) is 3.04. The van der Waals surface area contributed by atoms with Crippen LogP contribution in [0.5, 0.6) is 0 Å². The first-order valence-corrected chi connectivity index (χ1v) is 7.93. The molecule has 0 unspecified atom stereocenters. The molecule has 5 heteroatoms. The molecule has 0 radical (unpaired) electrons. The zero-order valence-electron chi connectivity index (χ0n) is 13.0. The van der Waals surface area contributed by atoms with Gasteiger partial charge >= 0.3 is 0 Å². The van der Waals surface area contributed by atoms with Gasteiger partial charge in [0.15, 0.2) is 0 Å². The molecule has 1 saturated carbocycles. The number of hydrogen-bond donors (Lipinski definition) is 1. The molecule has 3 rings (SSSR count). The SMILES string of the molecule is CC(=O)N1CCN(Cc2cc(C#N)ccc2NC2CC2)CC1. The maximum Gasteiger partial charge on any atom is 0.219 e. The van der Waals surface area contributed by atoms with Crippen molar-refractivity contribution < 1.29 is 4.79 Å². The fourth-order valence-electron chi connectivity index (χ4n) is 2.84. The summed E-state index contributed by atoms with van der Waals surface area (Å²) >= 11 is 0. The summed E-state index contributed by atoms with van der Waals surface area (Å²) in [4.78, 5) is 15.6. The van der Waals surface area contributed by atoms with E-state index < -0.39 is 0 Å². The number of carbonyl (C=O) groups is 1. The second-order valence-electron chi connectivity index (χ2n) is 6.18. The molecule has 0 atom stereocenters. The van der Waals surface area contributed by atoms with E-state index in [-0.39, 0.29) is 5.91 Å². The highest BCUT2D eigenvalue weighted by molar-refractivity contribution is 5.73. The normalized spacial score (nSPS) is 18.8. The smallest absolute Gasteiger partial charge is 0.219 e. The summed E-state index contributed by atoms with van der Waals surface area (Å²) in [7, 11) is 0. The Morgan fingerprint density at radius 2 is 2.05 bits per heavy atom. The van der Waals surface area contributed by atoms with Crippen LogP contribution in [0, 0.1) is 11.3 Å². The Morgan fingerprint density at radius 3 is 2.64 bits per heavy atom. The van der Waals surface area contributed by atoms with E-state index in [4.69, 9.17) is 5.26 Å². The number of nitriles is 1. The molecule has 1 heterocycles. The van der Waals surface area contributed by atoms with E-state index in [0.717, 1.165) is 38.4 Å². The second kappa shape index (κ2) is 6.37. The molecule has 1 saturated heterocycles. The molecule has 1 aromatic carbocycles. The van der Waals surface area contributed by atoms with Crippen LogP contribution in [0.15, 0.2) is 18.2 Å². The lowest BCUT2D eigenvalue weighted by molar-refractivity contribution is -0.130. The van der Waals surface area contributed by atoms with E-state index in [0.29, 0.717) is 11.6 Å². The van der Waals surface area contributed by atoms with Crippen LogP contribution in [0.25, 0.3) is 0 Å². The van der Waals surface area contributed by atoms with Gasteiger partial charge in [0, 0.05) is 51.4 Å². The van der Waals surface area contributed by atoms with Gasteiger partial charge in [-0.05, 0) is 36.6 Å². The number of hydrogen-bond acceptors (Lipinski definition) is 4. The lowest BCUT2D eigenvalue weighted by Gasteiger charge is -2.34. The Morgan fingerprint density at radius 1 is 1.32 bits per heavy atom. The third-order valence-corrected chi connectivity index (χ3v) is 4.38. The van der Waals surface area contributed by atoms with E-state index in [1.54, 1.807) is 6.92 Å². The van der Waals surface area contributed by atoms with Gasteiger partial charge < -0.3 is 10.2 Å². The van der Waals surface area contributed by atoms with Crippen LogP contribution >= 0.6 is 0 Å². The first-order chi connectivity index (χ1) is 10.7. The summed E-state index contributed by atoms with van der Waals surface area (Å²) in [5, 5.41) is 12.7. The first kappa shape index (κ1) is 14.9. The zero-order chi connectivity index (χ0) is 15.5. The van der Waals surface area contributed by atoms with Crippen LogP contribution in [0.2, 0.25) is 0 Å². The van der Waals surface area contributed by atoms with Crippen LogP contribution in [0.1, 0.15) is 30.9 Å². The van der Waals surface area contributed by atoms with Crippen molar-refractivity contribution in [3.63, 3.8) is 0 Å². The molecule has 1 N–H and O–H groups in total. The number of amides is 1. The molecule has 0 aromatic heterocycles. The number of nitrogens with zero attached hydrogens (tertiary/aromatic N) is 3. The predicted molar refractivity (Wildman–Crippen MR) is 85.3 cm³/mol. The molecule has 1 aliphatic heterocycles. The van der Waals surface area contributed by atoms with Crippen molar-refractivity contribution in [1.29, 1.82) is 5.26 Å². The van der Waals surface area contributed by atoms with E-state index in [9.17, 15) is 4.79 Å². The molecule has 22 heavy (non-hydrogen) atoms. The third kappa shape index (κ3) is 3.58. The van der Waals surface area contributed by atoms with Crippen LogP contribution < -0.4 is 5.32 Å². The topological polar surface area (TPSA) is 59.4 Å². The highest BCUT2D eigenvalue weighted by atomic mass is 16.2. The van der Waals surface area contributed by atoms with Gasteiger partial charge in [-0.3, -0.25) is 9.69 Å². The Hall–Kier alpha value is -2.06. The van der Waals surface area contributed by atoms with Gasteiger partial charge in [0.05, 0.1) is 11.6 Å². The molecule has 5 nitrogen and oxygen atoms in total. The Labute approximate surface area is 131 Å². The minimum absolute atomic E-state index is 0.155. The first-order valence-electron chi connectivity index (χ1n) is 7.93. The van der Waals surface area contributed by atoms with Crippen molar-refractivity contribution in [3.8, 4) is 6.07 Å². The molecule has 1 aromatic rings. The van der Waals surface area contributed by atoms with Crippen LogP contribution in [0.4, 0.5) is 5.69 Å². The predicted octanol–water partition coefficient (Wildman–Crippen LogP) is 1.80. The molecule has 2 aliphatic rings. The number of rotatable bonds is 4. The molecule has 0 spiro atoms. The number of carbonyl (C=O) groups excluding carboxylic acids is 1. The summed E-state index contributed by atoms with van der Waals surface area (Å²) in [6.07, 6.45) is 2.47. The summed E-state index contributed by atoms with van der Waals surface area (Å²) < 4.78 is 0. The van der Waals surface area contributed by atoms with E-state index in [1.165, 1.54) is 18.4 Å². The highest BCUT2D eigenvalue weighted by Crippen LogP contribution is 2.28. The van der Waals surface area contributed by atoms with E-state index in [1.807, 2.05) is 23.1 Å². The van der Waals surface area contributed by atoms with E-state index in [2.05, 4.69) is 16.3 Å². The summed E-state index contributed by atoms with van der Waals surface area (Å²) in [5.74, 6) is 0.155. The number of nitrogens with one attached hydrogen (secondary N) is 1. The van der Waals surface area contributed by atoms with Gasteiger partial charge in [0.25, 0.3) is 0 Å². The van der Waals surface area contributed by atoms with Gasteiger partial charge in [-0.25, -0.2) is 0 Å². The Bertz CT molecular complexity index is 595. The minimum atomic E-state index is 0.155. The fraction of sp³-hybridized carbons (Fsp3) is 0.529. The van der Waals surface area contributed by atoms with Crippen molar-refractivity contribution in [1.82, 2.24) is 9.80 Å². The quantitative estimate of drug-likeness (QED) is 0.921. The van der Waals surface area contributed by atoms with Gasteiger partial charge in [-0.15, -0.1) is 0 Å². The average Bonchev–Trinajstić information content (AvgIpc) is 3.33. The molecule has 2 fully saturated rings. The maximum atomic E-state index is 11.4. The van der Waals surface area contributed by atoms with Crippen LogP contribution in [0.3, 0.4) is 0 Å². The Balaban J connectivity index is 1.68. The molecule has 116 valence electrons. The number of anilines is 1. The molecular formula is C17H22N4O. The van der Waals surface area contributed by atoms with E-state index >= 15 is 0 Å². The molecule has 1 amide bonds. The monoisotopic (exact) mass is 298 g/mol. The highest BCUT2D eigenvalue weighted by Gasteiger charge is 2.23. The van der Waals surface area contributed by atoms with Gasteiger partial charge in [-0.2, -0.15) is 5.26 Å². The largest absolute Gasteiger partial charge is 0.382 e. The lowest BCUT2D eigenvalue weighted by Crippen LogP contribution is -2.47. The molecule has 0 bridgehead atoms. The third-order valence-electron chi connectivity index (χ3n) is 4.38. The van der Waals surface area contributed by atoms with Gasteiger partial charge in [-0.1, -0.05) is 0 Å². The summed E-state index contributed by atoms with van der Waals surface area (Å²) in [6, 6.07) is 8.71. The standard InChI is InChI=1S/C17H22N4O/c1-13(22)21-8-6-20(7-9-21)12-15-10-14(11-18)2-5-17(15)19-16-3-4-16/h2,5,10,16,19H,3-4,6-9,12H2,1H3.